The number of hydrogen-bond donors (Lipinski definition) is 0. The van der Waals surface area contributed by atoms with Crippen LogP contribution in [0.1, 0.15) is 80.0 Å². The SMILES string of the molecule is CC(C)c1cc2c(-c3ccc(C4CCCCC4)cc3)cccc2[cH-]1.C[Si]C.Cc1cc2c(-c3ccccc3)ccc(C)c2[cH-]1.[Cl][Zr+2][Cl]. The summed E-state index contributed by atoms with van der Waals surface area (Å²) >= 11 is -0.826. The van der Waals surface area contributed by atoms with Gasteiger partial charge in [0.05, 0.1) is 0 Å². The maximum atomic E-state index is 4.93. The van der Waals surface area contributed by atoms with Crippen molar-refractivity contribution in [3.05, 3.63) is 131 Å². The van der Waals surface area contributed by atoms with Gasteiger partial charge in [-0.15, -0.1) is 68.6 Å². The van der Waals surface area contributed by atoms with E-state index in [0.29, 0.717) is 5.92 Å². The topological polar surface area (TPSA) is 0 Å². The zero-order valence-electron chi connectivity index (χ0n) is 28.8. The van der Waals surface area contributed by atoms with Crippen LogP contribution in [0.25, 0.3) is 43.8 Å². The van der Waals surface area contributed by atoms with E-state index in [4.69, 9.17) is 17.0 Å². The Morgan fingerprint density at radius 1 is 0.702 bits per heavy atom. The molecule has 0 aromatic heterocycles. The molecule has 6 aromatic rings. The molecule has 47 heavy (non-hydrogen) atoms. The summed E-state index contributed by atoms with van der Waals surface area (Å²) in [6, 6.07) is 40.4. The fourth-order valence-corrected chi connectivity index (χ4v) is 6.67. The summed E-state index contributed by atoms with van der Waals surface area (Å²) < 4.78 is 0. The Morgan fingerprint density at radius 3 is 1.96 bits per heavy atom. The average Bonchev–Trinajstić information content (AvgIpc) is 3.72. The average molecular weight is 755 g/mol. The molecule has 1 saturated carbocycles. The zero-order valence-corrected chi connectivity index (χ0v) is 33.8. The summed E-state index contributed by atoms with van der Waals surface area (Å²) in [4.78, 5) is 0. The third-order valence-corrected chi connectivity index (χ3v) is 9.07. The maximum absolute atomic E-state index is 4.93. The predicted molar refractivity (Wildman–Crippen MR) is 209 cm³/mol. The second-order valence-electron chi connectivity index (χ2n) is 12.9. The van der Waals surface area contributed by atoms with Crippen LogP contribution in [0.15, 0.2) is 109 Å². The molecule has 0 aliphatic heterocycles. The fourth-order valence-electron chi connectivity index (χ4n) is 6.67. The van der Waals surface area contributed by atoms with Crippen LogP contribution in [0.3, 0.4) is 0 Å². The minimum absolute atomic E-state index is 0.582. The van der Waals surface area contributed by atoms with E-state index in [1.165, 1.54) is 98.2 Å². The molecule has 0 N–H and O–H groups in total. The van der Waals surface area contributed by atoms with Gasteiger partial charge in [0.1, 0.15) is 0 Å². The molecule has 242 valence electrons. The summed E-state index contributed by atoms with van der Waals surface area (Å²) in [5, 5.41) is 5.51. The van der Waals surface area contributed by atoms with Crippen molar-refractivity contribution >= 4 is 48.1 Å². The van der Waals surface area contributed by atoms with Crippen molar-refractivity contribution in [3.63, 3.8) is 0 Å². The van der Waals surface area contributed by atoms with Crippen LogP contribution in [0.5, 0.6) is 0 Å². The van der Waals surface area contributed by atoms with Crippen LogP contribution >= 0.6 is 17.0 Å². The van der Waals surface area contributed by atoms with E-state index in [-0.39, 0.29) is 0 Å². The molecule has 0 saturated heterocycles. The molecular formula is C43H48Cl2SiZr. The standard InChI is InChI=1S/C24H27.C17H15.C2H6Si.2ClH.Zr/c1-17(2)22-15-21-9-6-10-23(24(21)16-22)20-13-11-19(12-14-20)18-7-4-3-5-8-18;1-12-10-16-13(2)8-9-15(17(16)11-12)14-6-4-3-5-7-14;1-3-2;;;/h6,9-18H,3-5,7-8H2,1-2H3;3-11H,1-2H3;1-2H3;2*1H;/q2*-1;;;;+4/p-2. The summed E-state index contributed by atoms with van der Waals surface area (Å²) in [6.45, 7) is 13.2. The van der Waals surface area contributed by atoms with E-state index < -0.39 is 20.8 Å². The van der Waals surface area contributed by atoms with Crippen LogP contribution in [-0.4, -0.2) is 9.52 Å². The fraction of sp³-hybridized carbons (Fsp3) is 0.302. The summed E-state index contributed by atoms with van der Waals surface area (Å²) in [7, 11) is 11.0. The summed E-state index contributed by atoms with van der Waals surface area (Å²) in [5.74, 6) is 1.37. The van der Waals surface area contributed by atoms with Gasteiger partial charge in [0.15, 0.2) is 0 Å². The molecule has 1 aliphatic rings. The second kappa shape index (κ2) is 19.1. The quantitative estimate of drug-likeness (QED) is 0.124. The Labute approximate surface area is 305 Å². The number of aryl methyl sites for hydroxylation is 2. The Morgan fingerprint density at radius 2 is 1.32 bits per heavy atom. The van der Waals surface area contributed by atoms with Crippen molar-refractivity contribution in [2.24, 2.45) is 0 Å². The Bertz CT molecular complexity index is 1790. The van der Waals surface area contributed by atoms with Crippen molar-refractivity contribution in [1.29, 1.82) is 0 Å². The normalized spacial score (nSPS) is 12.8. The van der Waals surface area contributed by atoms with E-state index in [2.05, 4.69) is 150 Å². The zero-order chi connectivity index (χ0) is 33.8. The number of fused-ring (bicyclic) bond motifs is 2. The van der Waals surface area contributed by atoms with Crippen molar-refractivity contribution in [3.8, 4) is 22.3 Å². The van der Waals surface area contributed by atoms with Crippen LogP contribution in [0.4, 0.5) is 0 Å². The van der Waals surface area contributed by atoms with Gasteiger partial charge in [-0.25, -0.2) is 0 Å². The Kier molecular flexibility index (Phi) is 15.3. The van der Waals surface area contributed by atoms with E-state index in [1.807, 2.05) is 0 Å². The van der Waals surface area contributed by atoms with Crippen molar-refractivity contribution < 1.29 is 20.8 Å². The van der Waals surface area contributed by atoms with Gasteiger partial charge < -0.3 is 0 Å². The van der Waals surface area contributed by atoms with Crippen LogP contribution in [0.2, 0.25) is 13.1 Å². The van der Waals surface area contributed by atoms with E-state index in [0.717, 1.165) is 15.4 Å². The van der Waals surface area contributed by atoms with E-state index >= 15 is 0 Å². The third-order valence-electron chi connectivity index (χ3n) is 9.07. The van der Waals surface area contributed by atoms with Crippen LogP contribution in [0, 0.1) is 13.8 Å². The number of rotatable bonds is 4. The molecule has 0 atom stereocenters. The van der Waals surface area contributed by atoms with Gasteiger partial charge in [-0.3, -0.25) is 0 Å². The van der Waals surface area contributed by atoms with Crippen molar-refractivity contribution in [2.75, 3.05) is 0 Å². The summed E-state index contributed by atoms with van der Waals surface area (Å²) in [5.41, 5.74) is 11.0. The van der Waals surface area contributed by atoms with Gasteiger partial charge in [0.25, 0.3) is 0 Å². The predicted octanol–water partition coefficient (Wildman–Crippen LogP) is 14.4. The van der Waals surface area contributed by atoms with Gasteiger partial charge in [0, 0.05) is 9.52 Å². The first-order valence-electron chi connectivity index (χ1n) is 16.9. The molecule has 7 rings (SSSR count). The number of halogens is 2. The molecule has 0 amide bonds. The monoisotopic (exact) mass is 752 g/mol. The summed E-state index contributed by atoms with van der Waals surface area (Å²) in [6.07, 6.45) is 6.96. The molecule has 0 heterocycles. The molecule has 1 fully saturated rings. The van der Waals surface area contributed by atoms with Crippen molar-refractivity contribution in [1.82, 2.24) is 0 Å². The second-order valence-corrected chi connectivity index (χ2v) is 17.7. The minimum atomic E-state index is -0.826. The van der Waals surface area contributed by atoms with Crippen LogP contribution in [-0.2, 0) is 20.8 Å². The first-order valence-corrected chi connectivity index (χ1v) is 25.2. The van der Waals surface area contributed by atoms with E-state index in [1.54, 1.807) is 0 Å². The first kappa shape index (κ1) is 37.6. The molecule has 0 nitrogen and oxygen atoms in total. The molecule has 2 radical (unpaired) electrons. The number of hydrogen-bond acceptors (Lipinski definition) is 0. The first-order chi connectivity index (χ1) is 22.8. The van der Waals surface area contributed by atoms with Crippen molar-refractivity contribution in [2.45, 2.75) is 84.7 Å². The van der Waals surface area contributed by atoms with Gasteiger partial charge in [-0.2, -0.15) is 12.1 Å². The molecular weight excluding hydrogens is 707 g/mol. The molecule has 0 spiro atoms. The van der Waals surface area contributed by atoms with Gasteiger partial charge in [-0.1, -0.05) is 138 Å². The molecule has 4 heteroatoms. The van der Waals surface area contributed by atoms with Gasteiger partial charge in [0.2, 0.25) is 0 Å². The molecule has 6 aromatic carbocycles. The molecule has 0 unspecified atom stereocenters. The third kappa shape index (κ3) is 10.1. The number of benzene rings is 4. The Hall–Kier alpha value is -2.22. The molecule has 1 aliphatic carbocycles. The van der Waals surface area contributed by atoms with E-state index in [9.17, 15) is 0 Å². The van der Waals surface area contributed by atoms with Gasteiger partial charge in [-0.05, 0) is 41.4 Å². The Balaban J connectivity index is 0.000000190. The molecule has 0 bridgehead atoms. The van der Waals surface area contributed by atoms with Crippen LogP contribution < -0.4 is 0 Å². The van der Waals surface area contributed by atoms with Gasteiger partial charge >= 0.3 is 37.9 Å².